The molecule has 1 amide bonds. The van der Waals surface area contributed by atoms with Gasteiger partial charge in [0.05, 0.1) is 17.0 Å². The van der Waals surface area contributed by atoms with Crippen LogP contribution in [0.15, 0.2) is 30.3 Å². The van der Waals surface area contributed by atoms with Gasteiger partial charge in [-0.2, -0.15) is 0 Å². The Morgan fingerprint density at radius 3 is 2.48 bits per heavy atom. The first-order valence-electron chi connectivity index (χ1n) is 7.63. The normalized spacial score (nSPS) is 10.0. The maximum atomic E-state index is 12.6. The van der Waals surface area contributed by atoms with E-state index >= 15 is 0 Å². The monoisotopic (exact) mass is 377 g/mol. The van der Waals surface area contributed by atoms with E-state index in [-0.39, 0.29) is 12.5 Å². The van der Waals surface area contributed by atoms with E-state index in [1.165, 1.54) is 0 Å². The number of thiophene rings is 1. The highest BCUT2D eigenvalue weighted by Gasteiger charge is 2.26. The van der Waals surface area contributed by atoms with Gasteiger partial charge in [0.1, 0.15) is 5.00 Å². The Bertz CT molecular complexity index is 788. The van der Waals surface area contributed by atoms with E-state index in [9.17, 15) is 9.59 Å². The van der Waals surface area contributed by atoms with Gasteiger partial charge < -0.3 is 20.7 Å². The summed E-state index contributed by atoms with van der Waals surface area (Å²) in [5, 5.41) is 9.37. The molecule has 1 aromatic heterocycles. The number of para-hydroxylation sites is 1. The van der Waals surface area contributed by atoms with Crippen LogP contribution in [0.1, 0.15) is 32.5 Å². The summed E-state index contributed by atoms with van der Waals surface area (Å²) in [6.07, 6.45) is 0. The lowest BCUT2D eigenvalue weighted by Crippen LogP contribution is -2.24. The molecule has 1 aromatic carbocycles. The average Bonchev–Trinajstić information content (AvgIpc) is 2.92. The molecular formula is C17H19N3O3S2. The van der Waals surface area contributed by atoms with Crippen LogP contribution in [0.5, 0.6) is 0 Å². The quantitative estimate of drug-likeness (QED) is 0.547. The zero-order valence-electron chi connectivity index (χ0n) is 14.1. The minimum Gasteiger partial charge on any atom is -0.462 e. The Hall–Kier alpha value is -2.45. The van der Waals surface area contributed by atoms with Gasteiger partial charge in [-0.1, -0.05) is 18.2 Å². The second-order valence-corrected chi connectivity index (χ2v) is 6.43. The molecule has 1 heterocycles. The van der Waals surface area contributed by atoms with Crippen molar-refractivity contribution in [1.82, 2.24) is 5.32 Å². The number of amides is 1. The Morgan fingerprint density at radius 2 is 1.88 bits per heavy atom. The molecule has 0 saturated heterocycles. The van der Waals surface area contributed by atoms with Crippen molar-refractivity contribution in [3.8, 4) is 0 Å². The number of hydrogen-bond donors (Lipinski definition) is 3. The number of hydrogen-bond acceptors (Lipinski definition) is 5. The summed E-state index contributed by atoms with van der Waals surface area (Å²) in [7, 11) is 1.67. The van der Waals surface area contributed by atoms with Crippen molar-refractivity contribution in [2.45, 2.75) is 13.8 Å². The fourth-order valence-electron chi connectivity index (χ4n) is 2.14. The molecule has 2 rings (SSSR count). The van der Waals surface area contributed by atoms with E-state index in [1.54, 1.807) is 33.0 Å². The second-order valence-electron chi connectivity index (χ2n) is 5.01. The Balaban J connectivity index is 2.37. The predicted octanol–water partition coefficient (Wildman–Crippen LogP) is 3.40. The fourth-order valence-corrected chi connectivity index (χ4v) is 3.40. The fraction of sp³-hybridized carbons (Fsp3) is 0.235. The molecule has 25 heavy (non-hydrogen) atoms. The number of ether oxygens (including phenoxy) is 1. The molecule has 0 saturated carbocycles. The van der Waals surface area contributed by atoms with Crippen molar-refractivity contribution >= 4 is 51.2 Å². The molecule has 0 aliphatic heterocycles. The van der Waals surface area contributed by atoms with Gasteiger partial charge in [-0.05, 0) is 43.8 Å². The first-order chi connectivity index (χ1) is 12.0. The number of nitrogens with one attached hydrogen (secondary N) is 3. The van der Waals surface area contributed by atoms with Crippen LogP contribution >= 0.6 is 23.6 Å². The first kappa shape index (κ1) is 18.9. The summed E-state index contributed by atoms with van der Waals surface area (Å²) in [5.74, 6) is -0.779. The number of carbonyl (C=O) groups is 2. The average molecular weight is 377 g/mol. The van der Waals surface area contributed by atoms with Gasteiger partial charge in [0.2, 0.25) is 0 Å². The summed E-state index contributed by atoms with van der Waals surface area (Å²) in [4.78, 5) is 25.3. The van der Waals surface area contributed by atoms with E-state index in [4.69, 9.17) is 17.0 Å². The van der Waals surface area contributed by atoms with E-state index in [0.717, 1.165) is 11.3 Å². The molecule has 0 fully saturated rings. The number of benzene rings is 1. The van der Waals surface area contributed by atoms with Crippen LogP contribution in [-0.2, 0) is 4.74 Å². The predicted molar refractivity (Wildman–Crippen MR) is 105 cm³/mol. The van der Waals surface area contributed by atoms with Gasteiger partial charge >= 0.3 is 5.97 Å². The van der Waals surface area contributed by atoms with Crippen molar-refractivity contribution in [2.24, 2.45) is 0 Å². The van der Waals surface area contributed by atoms with Crippen molar-refractivity contribution in [2.75, 3.05) is 24.3 Å². The van der Waals surface area contributed by atoms with Crippen molar-refractivity contribution in [3.05, 3.63) is 46.3 Å². The molecule has 0 aliphatic rings. The van der Waals surface area contributed by atoms with Gasteiger partial charge in [0.25, 0.3) is 5.91 Å². The van der Waals surface area contributed by atoms with Crippen molar-refractivity contribution in [1.29, 1.82) is 0 Å². The Labute approximate surface area is 155 Å². The molecule has 0 radical (unpaired) electrons. The zero-order chi connectivity index (χ0) is 18.4. The maximum Gasteiger partial charge on any atom is 0.341 e. The van der Waals surface area contributed by atoms with Crippen LogP contribution in [0.2, 0.25) is 0 Å². The third kappa shape index (κ3) is 4.55. The molecule has 0 unspecified atom stereocenters. The van der Waals surface area contributed by atoms with Crippen LogP contribution in [0, 0.1) is 6.92 Å². The third-order valence-corrected chi connectivity index (χ3v) is 4.83. The molecule has 132 valence electrons. The highest BCUT2D eigenvalue weighted by molar-refractivity contribution is 7.80. The second kappa shape index (κ2) is 8.59. The lowest BCUT2D eigenvalue weighted by atomic mass is 10.1. The van der Waals surface area contributed by atoms with Gasteiger partial charge in [0.15, 0.2) is 5.11 Å². The Kier molecular flexibility index (Phi) is 6.49. The minimum atomic E-state index is -0.489. The maximum absolute atomic E-state index is 12.6. The molecule has 0 atom stereocenters. The van der Waals surface area contributed by atoms with Crippen molar-refractivity contribution < 1.29 is 14.3 Å². The number of esters is 1. The van der Waals surface area contributed by atoms with E-state index in [2.05, 4.69) is 16.0 Å². The van der Waals surface area contributed by atoms with Crippen LogP contribution < -0.4 is 16.0 Å². The molecule has 3 N–H and O–H groups in total. The lowest BCUT2D eigenvalue weighted by Gasteiger charge is -2.08. The van der Waals surface area contributed by atoms with Crippen LogP contribution in [0.25, 0.3) is 0 Å². The van der Waals surface area contributed by atoms with Crippen LogP contribution in [-0.4, -0.2) is 30.6 Å². The van der Waals surface area contributed by atoms with E-state index < -0.39 is 5.97 Å². The van der Waals surface area contributed by atoms with Crippen LogP contribution in [0.3, 0.4) is 0 Å². The molecule has 0 bridgehead atoms. The molecule has 6 nitrogen and oxygen atoms in total. The topological polar surface area (TPSA) is 79.5 Å². The summed E-state index contributed by atoms with van der Waals surface area (Å²) in [5.41, 5.74) is 1.55. The van der Waals surface area contributed by atoms with Gasteiger partial charge in [-0.25, -0.2) is 4.79 Å². The number of carbonyl (C=O) groups excluding carboxylic acids is 2. The molecule has 0 spiro atoms. The summed E-state index contributed by atoms with van der Waals surface area (Å²) >= 11 is 6.26. The molecule has 0 aliphatic carbocycles. The molecular weight excluding hydrogens is 358 g/mol. The third-order valence-electron chi connectivity index (χ3n) is 3.32. The van der Waals surface area contributed by atoms with E-state index in [0.29, 0.717) is 31.8 Å². The largest absolute Gasteiger partial charge is 0.462 e. The van der Waals surface area contributed by atoms with Gasteiger partial charge in [-0.15, -0.1) is 11.3 Å². The number of rotatable bonds is 5. The van der Waals surface area contributed by atoms with E-state index in [1.807, 2.05) is 18.2 Å². The van der Waals surface area contributed by atoms with Crippen molar-refractivity contribution in [3.63, 3.8) is 0 Å². The summed E-state index contributed by atoms with van der Waals surface area (Å²) in [6, 6.07) is 9.12. The lowest BCUT2D eigenvalue weighted by molar-refractivity contribution is 0.0527. The van der Waals surface area contributed by atoms with Gasteiger partial charge in [0, 0.05) is 12.7 Å². The van der Waals surface area contributed by atoms with Crippen LogP contribution in [0.4, 0.5) is 10.7 Å². The first-order valence-corrected chi connectivity index (χ1v) is 8.86. The molecule has 2 aromatic rings. The number of thiocarbonyl (C=S) groups is 1. The SMILES string of the molecule is CCOC(=O)c1c(NC(=S)NC)sc(C(=O)Nc2ccccc2)c1C. The standard InChI is InChI=1S/C17H19N3O3S2/c1-4-23-16(22)12-10(2)13(25-15(12)20-17(24)18-3)14(21)19-11-8-6-5-7-9-11/h5-9H,4H2,1-3H3,(H,19,21)(H2,18,20,24). The smallest absolute Gasteiger partial charge is 0.341 e. The van der Waals surface area contributed by atoms with Gasteiger partial charge in [-0.3, -0.25) is 4.79 Å². The number of anilines is 2. The highest BCUT2D eigenvalue weighted by atomic mass is 32.1. The highest BCUT2D eigenvalue weighted by Crippen LogP contribution is 2.34. The zero-order valence-corrected chi connectivity index (χ0v) is 15.8. The molecule has 8 heteroatoms. The summed E-state index contributed by atoms with van der Waals surface area (Å²) in [6.45, 7) is 3.69. The minimum absolute atomic E-state index is 0.246. The Morgan fingerprint density at radius 1 is 1.20 bits per heavy atom. The summed E-state index contributed by atoms with van der Waals surface area (Å²) < 4.78 is 5.11.